The highest BCUT2D eigenvalue weighted by molar-refractivity contribution is 6.33. The molecule has 2 aromatic heterocycles. The molecular formula is C17H22ClN5O2. The molecule has 1 fully saturated rings. The van der Waals surface area contributed by atoms with Crippen LogP contribution in [0.2, 0.25) is 5.02 Å². The van der Waals surface area contributed by atoms with Crippen molar-refractivity contribution in [1.29, 1.82) is 0 Å². The Hall–Kier alpha value is -1.96. The Kier molecular flexibility index (Phi) is 5.08. The molecule has 0 radical (unpaired) electrons. The molecule has 3 rings (SSSR count). The molecule has 8 heteroatoms. The largest absolute Gasteiger partial charge is 0.384 e. The highest BCUT2D eigenvalue weighted by atomic mass is 35.5. The first-order chi connectivity index (χ1) is 11.9. The fourth-order valence-corrected chi connectivity index (χ4v) is 2.78. The molecule has 2 aromatic rings. The zero-order valence-corrected chi connectivity index (χ0v) is 15.4. The number of halogens is 1. The number of pyridine rings is 1. The molecule has 0 aliphatic carbocycles. The van der Waals surface area contributed by atoms with Crippen molar-refractivity contribution in [2.24, 2.45) is 0 Å². The monoisotopic (exact) mass is 363 g/mol. The van der Waals surface area contributed by atoms with Crippen LogP contribution in [0.5, 0.6) is 0 Å². The predicted octanol–water partition coefficient (Wildman–Crippen LogP) is 2.49. The number of ether oxygens (including phenoxy) is 2. The van der Waals surface area contributed by atoms with Gasteiger partial charge in [-0.3, -0.25) is 0 Å². The van der Waals surface area contributed by atoms with Crippen LogP contribution in [0.25, 0.3) is 11.3 Å². The summed E-state index contributed by atoms with van der Waals surface area (Å²) in [6.07, 6.45) is 1.63. The van der Waals surface area contributed by atoms with E-state index in [-0.39, 0.29) is 0 Å². The van der Waals surface area contributed by atoms with Crippen molar-refractivity contribution in [1.82, 2.24) is 15.0 Å². The summed E-state index contributed by atoms with van der Waals surface area (Å²) in [5.41, 5.74) is 7.31. The van der Waals surface area contributed by atoms with Gasteiger partial charge in [0.05, 0.1) is 29.6 Å². The molecule has 0 atom stereocenters. The number of morpholine rings is 1. The number of nitrogens with two attached hydrogens (primary N) is 1. The van der Waals surface area contributed by atoms with Gasteiger partial charge in [0.15, 0.2) is 0 Å². The molecule has 3 heterocycles. The third-order valence-corrected chi connectivity index (χ3v) is 4.60. The van der Waals surface area contributed by atoms with Gasteiger partial charge in [0.25, 0.3) is 0 Å². The van der Waals surface area contributed by atoms with Crippen molar-refractivity contribution < 1.29 is 9.47 Å². The lowest BCUT2D eigenvalue weighted by atomic mass is 10.0. The maximum atomic E-state index is 6.36. The lowest BCUT2D eigenvalue weighted by molar-refractivity contribution is 0.0154. The zero-order chi connectivity index (χ0) is 18.0. The van der Waals surface area contributed by atoms with Crippen LogP contribution in [0.1, 0.15) is 19.5 Å². The van der Waals surface area contributed by atoms with Crippen molar-refractivity contribution in [2.45, 2.75) is 19.4 Å². The highest BCUT2D eigenvalue weighted by Gasteiger charge is 2.26. The Morgan fingerprint density at radius 3 is 2.60 bits per heavy atom. The van der Waals surface area contributed by atoms with Crippen LogP contribution < -0.4 is 10.6 Å². The van der Waals surface area contributed by atoms with E-state index in [4.69, 9.17) is 36.8 Å². The van der Waals surface area contributed by atoms with E-state index in [1.54, 1.807) is 19.4 Å². The molecule has 0 spiro atoms. The Labute approximate surface area is 152 Å². The Morgan fingerprint density at radius 1 is 1.24 bits per heavy atom. The van der Waals surface area contributed by atoms with E-state index in [0.717, 1.165) is 18.8 Å². The van der Waals surface area contributed by atoms with Crippen LogP contribution in [0, 0.1) is 0 Å². The first-order valence-corrected chi connectivity index (χ1v) is 8.47. The van der Waals surface area contributed by atoms with Crippen molar-refractivity contribution in [3.05, 3.63) is 29.0 Å². The van der Waals surface area contributed by atoms with Gasteiger partial charge in [-0.05, 0) is 26.0 Å². The molecule has 7 nitrogen and oxygen atoms in total. The Bertz CT molecular complexity index is 763. The average molecular weight is 364 g/mol. The molecule has 0 saturated carbocycles. The smallest absolute Gasteiger partial charge is 0.226 e. The number of nitrogen functional groups attached to an aromatic ring is 1. The maximum absolute atomic E-state index is 6.36. The predicted molar refractivity (Wildman–Crippen MR) is 97.8 cm³/mol. The number of hydrogen-bond acceptors (Lipinski definition) is 7. The van der Waals surface area contributed by atoms with Gasteiger partial charge < -0.3 is 20.1 Å². The zero-order valence-electron chi connectivity index (χ0n) is 14.6. The quantitative estimate of drug-likeness (QED) is 0.892. The third kappa shape index (κ3) is 3.84. The minimum atomic E-state index is -0.563. The van der Waals surface area contributed by atoms with Crippen molar-refractivity contribution >= 4 is 23.4 Å². The summed E-state index contributed by atoms with van der Waals surface area (Å²) in [6, 6.07) is 3.50. The second kappa shape index (κ2) is 7.11. The van der Waals surface area contributed by atoms with E-state index in [2.05, 4.69) is 9.88 Å². The number of aromatic nitrogens is 3. The molecule has 2 N–H and O–H groups in total. The van der Waals surface area contributed by atoms with Crippen LogP contribution in [0.4, 0.5) is 11.8 Å². The molecule has 0 amide bonds. The minimum Gasteiger partial charge on any atom is -0.384 e. The maximum Gasteiger partial charge on any atom is 0.226 e. The lowest BCUT2D eigenvalue weighted by Gasteiger charge is -2.29. The molecular weight excluding hydrogens is 342 g/mol. The third-order valence-electron chi connectivity index (χ3n) is 4.29. The van der Waals surface area contributed by atoms with Crippen molar-refractivity contribution in [2.75, 3.05) is 44.0 Å². The molecule has 0 bridgehead atoms. The normalized spacial score (nSPS) is 15.4. The first-order valence-electron chi connectivity index (χ1n) is 8.09. The second-order valence-electron chi connectivity index (χ2n) is 6.34. The van der Waals surface area contributed by atoms with E-state index < -0.39 is 5.60 Å². The fraction of sp³-hybridized carbons (Fsp3) is 0.471. The summed E-state index contributed by atoms with van der Waals surface area (Å²) < 4.78 is 11.0. The number of methoxy groups -OCH3 is 1. The second-order valence-corrected chi connectivity index (χ2v) is 6.75. The summed E-state index contributed by atoms with van der Waals surface area (Å²) >= 11 is 6.36. The standard InChI is InChI=1S/C17H22ClN5O2/c1-17(2,24-3)14-9-13(11-10-20-15(19)8-12(11)18)21-16(22-14)23-4-6-25-7-5-23/h8-10H,4-7H2,1-3H3,(H2,19,20). The number of rotatable bonds is 4. The van der Waals surface area contributed by atoms with Crippen molar-refractivity contribution in [3.63, 3.8) is 0 Å². The Morgan fingerprint density at radius 2 is 1.96 bits per heavy atom. The summed E-state index contributed by atoms with van der Waals surface area (Å²) in [7, 11) is 1.66. The lowest BCUT2D eigenvalue weighted by Crippen LogP contribution is -2.38. The van der Waals surface area contributed by atoms with Crippen LogP contribution in [-0.2, 0) is 15.1 Å². The van der Waals surface area contributed by atoms with Gasteiger partial charge in [-0.2, -0.15) is 0 Å². The molecule has 0 unspecified atom stereocenters. The SMILES string of the molecule is COC(C)(C)c1cc(-c2cnc(N)cc2Cl)nc(N2CCOCC2)n1. The number of nitrogens with zero attached hydrogens (tertiary/aromatic N) is 4. The van der Waals surface area contributed by atoms with Crippen LogP contribution in [0.3, 0.4) is 0 Å². The van der Waals surface area contributed by atoms with E-state index in [1.807, 2.05) is 19.9 Å². The van der Waals surface area contributed by atoms with Gasteiger partial charge in [0.1, 0.15) is 11.4 Å². The molecule has 0 aromatic carbocycles. The van der Waals surface area contributed by atoms with Gasteiger partial charge in [0, 0.05) is 32.0 Å². The number of hydrogen-bond donors (Lipinski definition) is 1. The van der Waals surface area contributed by atoms with Gasteiger partial charge in [0.2, 0.25) is 5.95 Å². The van der Waals surface area contributed by atoms with Gasteiger partial charge in [-0.15, -0.1) is 0 Å². The van der Waals surface area contributed by atoms with Gasteiger partial charge in [-0.25, -0.2) is 15.0 Å². The van der Waals surface area contributed by atoms with E-state index >= 15 is 0 Å². The molecule has 1 aliphatic rings. The molecule has 1 saturated heterocycles. The molecule has 1 aliphatic heterocycles. The van der Waals surface area contributed by atoms with Crippen LogP contribution in [-0.4, -0.2) is 48.4 Å². The minimum absolute atomic E-state index is 0.369. The van der Waals surface area contributed by atoms with Crippen molar-refractivity contribution in [3.8, 4) is 11.3 Å². The summed E-state index contributed by atoms with van der Waals surface area (Å²) in [6.45, 7) is 6.71. The van der Waals surface area contributed by atoms with E-state index in [1.165, 1.54) is 0 Å². The molecule has 25 heavy (non-hydrogen) atoms. The van der Waals surface area contributed by atoms with E-state index in [0.29, 0.717) is 41.3 Å². The summed E-state index contributed by atoms with van der Waals surface area (Å²) in [5, 5.41) is 0.500. The van der Waals surface area contributed by atoms with Crippen LogP contribution in [0.15, 0.2) is 18.3 Å². The van der Waals surface area contributed by atoms with Crippen LogP contribution >= 0.6 is 11.6 Å². The number of anilines is 2. The summed E-state index contributed by atoms with van der Waals surface area (Å²) in [4.78, 5) is 15.7. The van der Waals surface area contributed by atoms with Gasteiger partial charge >= 0.3 is 0 Å². The van der Waals surface area contributed by atoms with Gasteiger partial charge in [-0.1, -0.05) is 11.6 Å². The van der Waals surface area contributed by atoms with E-state index in [9.17, 15) is 0 Å². The summed E-state index contributed by atoms with van der Waals surface area (Å²) in [5.74, 6) is 1.00. The fourth-order valence-electron chi connectivity index (χ4n) is 2.52. The average Bonchev–Trinajstić information content (AvgIpc) is 2.62. The topological polar surface area (TPSA) is 86.4 Å². The Balaban J connectivity index is 2.11. The molecule has 134 valence electrons. The first kappa shape index (κ1) is 17.8. The highest BCUT2D eigenvalue weighted by Crippen LogP contribution is 2.32.